The predicted octanol–water partition coefficient (Wildman–Crippen LogP) is 6.52. The predicted molar refractivity (Wildman–Crippen MR) is 144 cm³/mol. The van der Waals surface area contributed by atoms with Gasteiger partial charge in [-0.3, -0.25) is 4.79 Å². The summed E-state index contributed by atoms with van der Waals surface area (Å²) in [5.41, 5.74) is 2.96. The molecule has 1 aliphatic rings. The van der Waals surface area contributed by atoms with Crippen molar-refractivity contribution in [3.63, 3.8) is 0 Å². The molecule has 1 aliphatic heterocycles. The maximum atomic E-state index is 13.9. The number of benzene rings is 3. The van der Waals surface area contributed by atoms with E-state index in [1.807, 2.05) is 51.1 Å². The number of para-hydroxylation sites is 2. The third-order valence-electron chi connectivity index (χ3n) is 6.47. The number of aryl methyl sites for hydroxylation is 3. The van der Waals surface area contributed by atoms with Gasteiger partial charge in [-0.1, -0.05) is 48.0 Å². The van der Waals surface area contributed by atoms with Gasteiger partial charge < -0.3 is 14.2 Å². The Morgan fingerprint density at radius 1 is 0.921 bits per heavy atom. The van der Waals surface area contributed by atoms with E-state index in [-0.39, 0.29) is 16.9 Å². The first kappa shape index (κ1) is 27.1. The summed E-state index contributed by atoms with van der Waals surface area (Å²) in [6, 6.07) is 20.0. The molecule has 0 spiro atoms. The van der Waals surface area contributed by atoms with E-state index in [1.165, 1.54) is 12.2 Å². The number of amides is 1. The molecule has 3 aromatic carbocycles. The SMILES string of the molecule is COC(C)ON1C(=O)C(c2c(C)cc(C)cc2C)=C(OC(=O)c2ccccc2Oc2ccccc2)C1(C)C. The Bertz CT molecular complexity index is 1370. The van der Waals surface area contributed by atoms with Gasteiger partial charge in [0.05, 0.1) is 5.57 Å². The molecule has 1 amide bonds. The van der Waals surface area contributed by atoms with E-state index in [0.29, 0.717) is 17.1 Å². The van der Waals surface area contributed by atoms with Crippen molar-refractivity contribution >= 4 is 17.4 Å². The van der Waals surface area contributed by atoms with E-state index in [2.05, 4.69) is 0 Å². The topological polar surface area (TPSA) is 74.3 Å². The highest BCUT2D eigenvalue weighted by atomic mass is 16.8. The van der Waals surface area contributed by atoms with Crippen LogP contribution in [-0.2, 0) is 19.1 Å². The quantitative estimate of drug-likeness (QED) is 0.251. The van der Waals surface area contributed by atoms with Crippen molar-refractivity contribution in [1.82, 2.24) is 5.06 Å². The molecule has 0 N–H and O–H groups in total. The lowest BCUT2D eigenvalue weighted by Crippen LogP contribution is -2.46. The van der Waals surface area contributed by atoms with Crippen LogP contribution in [0.5, 0.6) is 11.5 Å². The van der Waals surface area contributed by atoms with Gasteiger partial charge in [-0.25, -0.2) is 14.7 Å². The number of hydrogen-bond donors (Lipinski definition) is 0. The van der Waals surface area contributed by atoms with Gasteiger partial charge in [-0.15, -0.1) is 0 Å². The molecule has 7 nitrogen and oxygen atoms in total. The van der Waals surface area contributed by atoms with Crippen molar-refractivity contribution in [2.45, 2.75) is 53.4 Å². The molecule has 4 rings (SSSR count). The molecule has 38 heavy (non-hydrogen) atoms. The number of esters is 1. The lowest BCUT2D eigenvalue weighted by molar-refractivity contribution is -0.276. The zero-order valence-corrected chi connectivity index (χ0v) is 22.8. The fourth-order valence-corrected chi connectivity index (χ4v) is 4.68. The van der Waals surface area contributed by atoms with Crippen LogP contribution in [0.1, 0.15) is 53.4 Å². The molecule has 0 radical (unpaired) electrons. The van der Waals surface area contributed by atoms with Gasteiger partial charge in [-0.05, 0) is 82.5 Å². The molecule has 7 heteroatoms. The minimum absolute atomic E-state index is 0.195. The molecule has 1 unspecified atom stereocenters. The third kappa shape index (κ3) is 5.21. The van der Waals surface area contributed by atoms with Gasteiger partial charge in [0.2, 0.25) is 0 Å². The molecule has 0 saturated carbocycles. The summed E-state index contributed by atoms with van der Waals surface area (Å²) in [6.45, 7) is 11.1. The highest BCUT2D eigenvalue weighted by molar-refractivity contribution is 6.23. The summed E-state index contributed by atoms with van der Waals surface area (Å²) >= 11 is 0. The Balaban J connectivity index is 1.81. The van der Waals surface area contributed by atoms with E-state index in [1.54, 1.807) is 57.2 Å². The summed E-state index contributed by atoms with van der Waals surface area (Å²) in [4.78, 5) is 33.4. The van der Waals surface area contributed by atoms with Crippen LogP contribution in [0.2, 0.25) is 0 Å². The number of methoxy groups -OCH3 is 1. The van der Waals surface area contributed by atoms with E-state index in [9.17, 15) is 9.59 Å². The molecule has 1 atom stereocenters. The number of ether oxygens (including phenoxy) is 3. The average molecular weight is 516 g/mol. The summed E-state index contributed by atoms with van der Waals surface area (Å²) in [5, 5.41) is 1.23. The molecule has 0 bridgehead atoms. The highest BCUT2D eigenvalue weighted by Crippen LogP contribution is 2.44. The molecular weight excluding hydrogens is 482 g/mol. The van der Waals surface area contributed by atoms with Crippen LogP contribution in [0.25, 0.3) is 5.57 Å². The van der Waals surface area contributed by atoms with Gasteiger partial charge >= 0.3 is 5.97 Å². The molecule has 0 aromatic heterocycles. The first-order valence-corrected chi connectivity index (χ1v) is 12.5. The Morgan fingerprint density at radius 3 is 2.16 bits per heavy atom. The molecule has 0 fully saturated rings. The lowest BCUT2D eigenvalue weighted by atomic mass is 9.91. The molecule has 0 saturated heterocycles. The van der Waals surface area contributed by atoms with E-state index < -0.39 is 23.7 Å². The minimum atomic E-state index is -1.12. The van der Waals surface area contributed by atoms with E-state index in [4.69, 9.17) is 19.0 Å². The van der Waals surface area contributed by atoms with Crippen LogP contribution in [0.4, 0.5) is 0 Å². The van der Waals surface area contributed by atoms with Crippen molar-refractivity contribution in [2.24, 2.45) is 0 Å². The number of nitrogens with zero attached hydrogens (tertiary/aromatic N) is 1. The van der Waals surface area contributed by atoms with Crippen LogP contribution < -0.4 is 4.74 Å². The number of hydroxylamine groups is 2. The van der Waals surface area contributed by atoms with Crippen LogP contribution in [-0.4, -0.2) is 35.9 Å². The van der Waals surface area contributed by atoms with Gasteiger partial charge in [0.1, 0.15) is 28.4 Å². The van der Waals surface area contributed by atoms with Crippen LogP contribution in [0.3, 0.4) is 0 Å². The van der Waals surface area contributed by atoms with Gasteiger partial charge in [0, 0.05) is 7.11 Å². The number of rotatable bonds is 8. The highest BCUT2D eigenvalue weighted by Gasteiger charge is 2.51. The average Bonchev–Trinajstić information content (AvgIpc) is 3.04. The van der Waals surface area contributed by atoms with Crippen LogP contribution in [0.15, 0.2) is 72.5 Å². The van der Waals surface area contributed by atoms with Crippen molar-refractivity contribution < 1.29 is 28.6 Å². The molecule has 0 aliphatic carbocycles. The van der Waals surface area contributed by atoms with Crippen molar-refractivity contribution in [2.75, 3.05) is 7.11 Å². The van der Waals surface area contributed by atoms with Gasteiger partial charge in [-0.2, -0.15) is 0 Å². The maximum Gasteiger partial charge on any atom is 0.347 e. The normalized spacial score (nSPS) is 15.6. The first-order valence-electron chi connectivity index (χ1n) is 12.5. The van der Waals surface area contributed by atoms with E-state index in [0.717, 1.165) is 16.7 Å². The summed E-state index contributed by atoms with van der Waals surface area (Å²) in [6.07, 6.45) is -0.699. The van der Waals surface area contributed by atoms with Gasteiger partial charge in [0.15, 0.2) is 6.29 Å². The Labute approximate surface area is 223 Å². The zero-order valence-electron chi connectivity index (χ0n) is 22.8. The molecular formula is C31H33NO6. The van der Waals surface area contributed by atoms with Gasteiger partial charge in [0.25, 0.3) is 5.91 Å². The zero-order chi connectivity index (χ0) is 27.6. The molecule has 1 heterocycles. The smallest absolute Gasteiger partial charge is 0.347 e. The Kier molecular flexibility index (Phi) is 7.71. The lowest BCUT2D eigenvalue weighted by Gasteiger charge is -2.33. The fourth-order valence-electron chi connectivity index (χ4n) is 4.68. The Hall–Kier alpha value is -3.94. The van der Waals surface area contributed by atoms with Crippen LogP contribution in [0, 0.1) is 20.8 Å². The van der Waals surface area contributed by atoms with Crippen molar-refractivity contribution in [3.05, 3.63) is 100 Å². The second-order valence-electron chi connectivity index (χ2n) is 9.85. The second-order valence-corrected chi connectivity index (χ2v) is 9.85. The minimum Gasteiger partial charge on any atom is -0.456 e. The molecule has 198 valence electrons. The standard InChI is InChI=1S/C31H33NO6/c1-19-17-20(2)26(21(3)18-19)27-28(31(5,6)32(29(27)33)38-22(4)35-7)37-30(34)24-15-11-12-16-25(24)36-23-13-9-8-10-14-23/h8-18,22H,1-7H3. The van der Waals surface area contributed by atoms with Crippen LogP contribution >= 0.6 is 0 Å². The largest absolute Gasteiger partial charge is 0.456 e. The molecule has 3 aromatic rings. The van der Waals surface area contributed by atoms with Crippen molar-refractivity contribution in [3.8, 4) is 11.5 Å². The maximum absolute atomic E-state index is 13.9. The summed E-state index contributed by atoms with van der Waals surface area (Å²) < 4.78 is 17.3. The first-order chi connectivity index (χ1) is 18.0. The third-order valence-corrected chi connectivity index (χ3v) is 6.47. The fraction of sp³-hybridized carbons (Fsp3) is 0.290. The summed E-state index contributed by atoms with van der Waals surface area (Å²) in [7, 11) is 1.49. The number of carbonyl (C=O) groups excluding carboxylic acids is 2. The summed E-state index contributed by atoms with van der Waals surface area (Å²) in [5.74, 6) is 0.0692. The van der Waals surface area contributed by atoms with E-state index >= 15 is 0 Å². The number of hydrogen-bond acceptors (Lipinski definition) is 6. The monoisotopic (exact) mass is 515 g/mol. The van der Waals surface area contributed by atoms with Crippen molar-refractivity contribution in [1.29, 1.82) is 0 Å². The Morgan fingerprint density at radius 2 is 1.53 bits per heavy atom. The second kappa shape index (κ2) is 10.8. The number of carbonyl (C=O) groups is 2.